The third-order valence-corrected chi connectivity index (χ3v) is 2.16. The fraction of sp³-hybridized carbons (Fsp3) is 0.455. The van der Waals surface area contributed by atoms with Crippen molar-refractivity contribution in [1.29, 1.82) is 0 Å². The molecule has 1 heterocycles. The van der Waals surface area contributed by atoms with E-state index in [1.807, 2.05) is 13.8 Å². The van der Waals surface area contributed by atoms with Gasteiger partial charge in [-0.05, 0) is 18.1 Å². The summed E-state index contributed by atoms with van der Waals surface area (Å²) < 4.78 is 0. The van der Waals surface area contributed by atoms with E-state index in [1.54, 1.807) is 0 Å². The molecule has 0 fully saturated rings. The molecule has 19 heavy (non-hydrogen) atoms. The van der Waals surface area contributed by atoms with Gasteiger partial charge >= 0.3 is 0 Å². The van der Waals surface area contributed by atoms with Crippen molar-refractivity contribution in [2.45, 2.75) is 13.8 Å². The number of nitrogens with two attached hydrogens (primary N) is 1. The maximum Gasteiger partial charge on any atom is 0.272 e. The maximum atomic E-state index is 11.6. The number of carbonyl (C=O) groups excluding carboxylic acids is 2. The van der Waals surface area contributed by atoms with Gasteiger partial charge in [0.1, 0.15) is 0 Å². The van der Waals surface area contributed by atoms with Crippen LogP contribution in [0.1, 0.15) is 24.3 Å². The van der Waals surface area contributed by atoms with Gasteiger partial charge in [-0.3, -0.25) is 9.59 Å². The summed E-state index contributed by atoms with van der Waals surface area (Å²) in [5, 5.41) is 12.5. The number of nitrogens with zero attached hydrogens (tertiary/aromatic N) is 2. The summed E-state index contributed by atoms with van der Waals surface area (Å²) in [4.78, 5) is 23.0. The van der Waals surface area contributed by atoms with Crippen molar-refractivity contribution in [1.82, 2.24) is 20.8 Å². The van der Waals surface area contributed by atoms with Gasteiger partial charge in [0.05, 0.1) is 6.54 Å². The Balaban J connectivity index is 2.40. The van der Waals surface area contributed by atoms with Crippen LogP contribution in [0.3, 0.4) is 0 Å². The minimum atomic E-state index is -0.462. The molecule has 8 nitrogen and oxygen atoms in total. The van der Waals surface area contributed by atoms with E-state index in [0.717, 1.165) is 0 Å². The highest BCUT2D eigenvalue weighted by Gasteiger charge is 2.10. The van der Waals surface area contributed by atoms with Crippen LogP contribution in [0.2, 0.25) is 0 Å². The Kier molecular flexibility index (Phi) is 5.68. The zero-order valence-corrected chi connectivity index (χ0v) is 10.9. The number of nitrogens with one attached hydrogen (secondary N) is 3. The molecule has 0 aliphatic heterocycles. The number of amides is 2. The summed E-state index contributed by atoms with van der Waals surface area (Å²) in [6, 6.07) is 2.98. The summed E-state index contributed by atoms with van der Waals surface area (Å²) >= 11 is 0. The van der Waals surface area contributed by atoms with Crippen molar-refractivity contribution in [2.75, 3.05) is 18.5 Å². The Bertz CT molecular complexity index is 431. The SMILES string of the molecule is CC(C)CNC(=O)CNC(=O)c1ccc(NN)nn1. The van der Waals surface area contributed by atoms with E-state index in [9.17, 15) is 9.59 Å². The van der Waals surface area contributed by atoms with E-state index < -0.39 is 5.91 Å². The van der Waals surface area contributed by atoms with E-state index in [2.05, 4.69) is 26.3 Å². The molecule has 0 spiro atoms. The Morgan fingerprint density at radius 1 is 1.26 bits per heavy atom. The molecule has 8 heteroatoms. The lowest BCUT2D eigenvalue weighted by Gasteiger charge is -2.08. The predicted octanol–water partition coefficient (Wildman–Crippen LogP) is -0.736. The summed E-state index contributed by atoms with van der Waals surface area (Å²) in [7, 11) is 0. The molecule has 2 amide bonds. The van der Waals surface area contributed by atoms with Gasteiger partial charge in [0.2, 0.25) is 5.91 Å². The number of anilines is 1. The smallest absolute Gasteiger partial charge is 0.272 e. The fourth-order valence-corrected chi connectivity index (χ4v) is 1.16. The van der Waals surface area contributed by atoms with Gasteiger partial charge in [-0.1, -0.05) is 13.8 Å². The number of carbonyl (C=O) groups is 2. The molecule has 0 saturated carbocycles. The van der Waals surface area contributed by atoms with Crippen molar-refractivity contribution in [3.63, 3.8) is 0 Å². The highest BCUT2D eigenvalue weighted by Crippen LogP contribution is 1.99. The van der Waals surface area contributed by atoms with Gasteiger partial charge in [0.15, 0.2) is 11.5 Å². The molecule has 0 aromatic carbocycles. The summed E-state index contributed by atoms with van der Waals surface area (Å²) in [5.41, 5.74) is 2.42. The third-order valence-electron chi connectivity index (χ3n) is 2.16. The van der Waals surface area contributed by atoms with Crippen LogP contribution in [-0.4, -0.2) is 35.1 Å². The summed E-state index contributed by atoms with van der Waals surface area (Å²) in [5.74, 6) is 5.14. The van der Waals surface area contributed by atoms with Gasteiger partial charge in [0, 0.05) is 6.54 Å². The van der Waals surface area contributed by atoms with Crippen LogP contribution in [0.5, 0.6) is 0 Å². The van der Waals surface area contributed by atoms with Gasteiger partial charge < -0.3 is 16.1 Å². The van der Waals surface area contributed by atoms with Crippen LogP contribution in [0.15, 0.2) is 12.1 Å². The third kappa shape index (κ3) is 5.30. The van der Waals surface area contributed by atoms with Gasteiger partial charge in [-0.25, -0.2) is 5.84 Å². The Hall–Kier alpha value is -2.22. The maximum absolute atomic E-state index is 11.6. The van der Waals surface area contributed by atoms with E-state index in [1.165, 1.54) is 12.1 Å². The van der Waals surface area contributed by atoms with Crippen molar-refractivity contribution in [2.24, 2.45) is 11.8 Å². The quantitative estimate of drug-likeness (QED) is 0.397. The number of rotatable bonds is 6. The average molecular weight is 266 g/mol. The van der Waals surface area contributed by atoms with Crippen LogP contribution in [0.25, 0.3) is 0 Å². The number of aromatic nitrogens is 2. The first-order chi connectivity index (χ1) is 9.02. The standard InChI is InChI=1S/C11H18N6O2/c1-7(2)5-13-10(18)6-14-11(19)8-3-4-9(15-12)17-16-8/h3-4,7H,5-6,12H2,1-2H3,(H,13,18)(H,14,19)(H,15,17). The second-order valence-corrected chi connectivity index (χ2v) is 4.33. The van der Waals surface area contributed by atoms with E-state index in [-0.39, 0.29) is 18.1 Å². The molecule has 0 radical (unpaired) electrons. The average Bonchev–Trinajstić information content (AvgIpc) is 2.42. The highest BCUT2D eigenvalue weighted by molar-refractivity contribution is 5.94. The molecule has 0 bridgehead atoms. The van der Waals surface area contributed by atoms with Gasteiger partial charge in [0.25, 0.3) is 5.91 Å². The predicted molar refractivity (Wildman–Crippen MR) is 70.0 cm³/mol. The Labute approximate surface area is 111 Å². The lowest BCUT2D eigenvalue weighted by Crippen LogP contribution is -2.38. The van der Waals surface area contributed by atoms with Crippen LogP contribution < -0.4 is 21.9 Å². The summed E-state index contributed by atoms with van der Waals surface area (Å²) in [6.07, 6.45) is 0. The lowest BCUT2D eigenvalue weighted by atomic mass is 10.2. The second-order valence-electron chi connectivity index (χ2n) is 4.33. The zero-order chi connectivity index (χ0) is 14.3. The first kappa shape index (κ1) is 14.8. The molecular weight excluding hydrogens is 248 g/mol. The van der Waals surface area contributed by atoms with Crippen LogP contribution in [0.4, 0.5) is 5.82 Å². The van der Waals surface area contributed by atoms with Crippen molar-refractivity contribution >= 4 is 17.6 Å². The minimum absolute atomic E-state index is 0.0931. The molecule has 1 aromatic rings. The van der Waals surface area contributed by atoms with Crippen molar-refractivity contribution in [3.05, 3.63) is 17.8 Å². The highest BCUT2D eigenvalue weighted by atomic mass is 16.2. The lowest BCUT2D eigenvalue weighted by molar-refractivity contribution is -0.120. The molecule has 0 atom stereocenters. The Morgan fingerprint density at radius 2 is 2.00 bits per heavy atom. The normalized spacial score (nSPS) is 10.1. The van der Waals surface area contributed by atoms with Crippen LogP contribution in [-0.2, 0) is 4.79 Å². The number of hydrazine groups is 1. The molecular formula is C11H18N6O2. The summed E-state index contributed by atoms with van der Waals surface area (Å²) in [6.45, 7) is 4.46. The number of nitrogen functional groups attached to an aromatic ring is 1. The molecule has 5 N–H and O–H groups in total. The first-order valence-electron chi connectivity index (χ1n) is 5.88. The molecule has 1 aromatic heterocycles. The minimum Gasteiger partial charge on any atom is -0.354 e. The van der Waals surface area contributed by atoms with Gasteiger partial charge in [-0.15, -0.1) is 10.2 Å². The molecule has 0 saturated heterocycles. The van der Waals surface area contributed by atoms with Crippen molar-refractivity contribution < 1.29 is 9.59 Å². The van der Waals surface area contributed by atoms with Crippen LogP contribution >= 0.6 is 0 Å². The fourth-order valence-electron chi connectivity index (χ4n) is 1.16. The molecule has 104 valence electrons. The van der Waals surface area contributed by atoms with E-state index in [4.69, 9.17) is 5.84 Å². The van der Waals surface area contributed by atoms with E-state index in [0.29, 0.717) is 18.3 Å². The van der Waals surface area contributed by atoms with E-state index >= 15 is 0 Å². The van der Waals surface area contributed by atoms with Crippen molar-refractivity contribution in [3.8, 4) is 0 Å². The van der Waals surface area contributed by atoms with Gasteiger partial charge in [-0.2, -0.15) is 0 Å². The van der Waals surface area contributed by atoms with Crippen LogP contribution in [0, 0.1) is 5.92 Å². The monoisotopic (exact) mass is 266 g/mol. The Morgan fingerprint density at radius 3 is 2.53 bits per heavy atom. The largest absolute Gasteiger partial charge is 0.354 e. The zero-order valence-electron chi connectivity index (χ0n) is 10.9. The molecule has 1 rings (SSSR count). The second kappa shape index (κ2) is 7.27. The topological polar surface area (TPSA) is 122 Å². The number of hydrogen-bond donors (Lipinski definition) is 4. The molecule has 0 unspecified atom stereocenters. The molecule has 0 aliphatic rings. The molecule has 0 aliphatic carbocycles. The first-order valence-corrected chi connectivity index (χ1v) is 5.88. The number of hydrogen-bond acceptors (Lipinski definition) is 6.